The lowest BCUT2D eigenvalue weighted by molar-refractivity contribution is -0.112. The van der Waals surface area contributed by atoms with Gasteiger partial charge in [-0.15, -0.1) is 0 Å². The van der Waals surface area contributed by atoms with E-state index >= 15 is 4.39 Å². The molecule has 2 N–H and O–H groups in total. The Morgan fingerprint density at radius 1 is 1.08 bits per heavy atom. The summed E-state index contributed by atoms with van der Waals surface area (Å²) >= 11 is 0. The fourth-order valence-electron chi connectivity index (χ4n) is 4.48. The van der Waals surface area contributed by atoms with Gasteiger partial charge in [0, 0.05) is 18.2 Å². The molecule has 3 aromatic carbocycles. The third-order valence-corrected chi connectivity index (χ3v) is 6.44. The molecule has 0 saturated carbocycles. The van der Waals surface area contributed by atoms with Gasteiger partial charge in [-0.05, 0) is 61.4 Å². The molecule has 0 spiro atoms. The first-order chi connectivity index (χ1) is 18.7. The smallest absolute Gasteiger partial charge is 0.431 e. The fraction of sp³-hybridized carbons (Fsp3) is 0.179. The molecule has 0 aliphatic carbocycles. The predicted octanol–water partition coefficient (Wildman–Crippen LogP) is 5.85. The van der Waals surface area contributed by atoms with Gasteiger partial charge in [-0.25, -0.2) is 14.4 Å². The zero-order chi connectivity index (χ0) is 27.7. The minimum absolute atomic E-state index is 0.0284. The topological polar surface area (TPSA) is 85.7 Å². The van der Waals surface area contributed by atoms with E-state index in [2.05, 4.69) is 9.98 Å². The number of imidazole rings is 1. The Morgan fingerprint density at radius 2 is 1.82 bits per heavy atom. The van der Waals surface area contributed by atoms with Crippen molar-refractivity contribution in [1.29, 1.82) is 0 Å². The Hall–Kier alpha value is -4.67. The largest absolute Gasteiger partial charge is 0.497 e. The highest BCUT2D eigenvalue weighted by Crippen LogP contribution is 2.33. The molecule has 39 heavy (non-hydrogen) atoms. The number of fused-ring (bicyclic) bond motifs is 1. The van der Waals surface area contributed by atoms with Gasteiger partial charge in [-0.2, -0.15) is 13.2 Å². The third-order valence-electron chi connectivity index (χ3n) is 6.44. The number of nitrogens with two attached hydrogens (primary N) is 1. The van der Waals surface area contributed by atoms with Gasteiger partial charge in [0.1, 0.15) is 29.3 Å². The SMILES string of the molecule is COc1ccc(N=C2C(=O)N(c3ccc(-n4cnc5ccccc54)cc3F)CCCC2=C(N)C(F)(F)F)cc1. The van der Waals surface area contributed by atoms with Crippen molar-refractivity contribution >= 4 is 34.0 Å². The second-order valence-electron chi connectivity index (χ2n) is 8.85. The van der Waals surface area contributed by atoms with Crippen LogP contribution in [0, 0.1) is 5.82 Å². The molecule has 1 fully saturated rings. The van der Waals surface area contributed by atoms with Crippen LogP contribution in [-0.2, 0) is 4.79 Å². The van der Waals surface area contributed by atoms with Crippen LogP contribution in [0.15, 0.2) is 89.3 Å². The van der Waals surface area contributed by atoms with Crippen LogP contribution in [-0.4, -0.2) is 41.0 Å². The number of alkyl halides is 3. The summed E-state index contributed by atoms with van der Waals surface area (Å²) in [4.78, 5) is 23.3. The normalized spacial score (nSPS) is 17.0. The molecule has 200 valence electrons. The average Bonchev–Trinajstić information content (AvgIpc) is 3.29. The van der Waals surface area contributed by atoms with Gasteiger partial charge in [0.2, 0.25) is 0 Å². The summed E-state index contributed by atoms with van der Waals surface area (Å²) in [5, 5.41) is 0. The van der Waals surface area contributed by atoms with Crippen molar-refractivity contribution < 1.29 is 27.1 Å². The van der Waals surface area contributed by atoms with Crippen molar-refractivity contribution in [1.82, 2.24) is 9.55 Å². The highest BCUT2D eigenvalue weighted by atomic mass is 19.4. The van der Waals surface area contributed by atoms with Crippen molar-refractivity contribution in [3.8, 4) is 11.4 Å². The number of carbonyl (C=O) groups is 1. The van der Waals surface area contributed by atoms with Crippen molar-refractivity contribution in [3.63, 3.8) is 0 Å². The van der Waals surface area contributed by atoms with Gasteiger partial charge in [0.15, 0.2) is 0 Å². The minimum Gasteiger partial charge on any atom is -0.497 e. The van der Waals surface area contributed by atoms with Crippen molar-refractivity contribution in [3.05, 3.63) is 90.1 Å². The third kappa shape index (κ3) is 5.07. The van der Waals surface area contributed by atoms with Crippen LogP contribution in [0.5, 0.6) is 5.75 Å². The van der Waals surface area contributed by atoms with E-state index in [1.165, 1.54) is 31.4 Å². The summed E-state index contributed by atoms with van der Waals surface area (Å²) < 4.78 is 63.2. The Morgan fingerprint density at radius 3 is 2.51 bits per heavy atom. The van der Waals surface area contributed by atoms with Gasteiger partial charge in [0.05, 0.1) is 35.2 Å². The molecule has 1 aliphatic rings. The van der Waals surface area contributed by atoms with E-state index < -0.39 is 34.9 Å². The maximum absolute atomic E-state index is 15.5. The van der Waals surface area contributed by atoms with Crippen molar-refractivity contribution in [2.24, 2.45) is 10.7 Å². The first-order valence-electron chi connectivity index (χ1n) is 12.0. The van der Waals surface area contributed by atoms with E-state index in [0.717, 1.165) is 15.9 Å². The number of anilines is 1. The number of halogens is 4. The number of para-hydroxylation sites is 2. The molecule has 5 rings (SSSR count). The summed E-state index contributed by atoms with van der Waals surface area (Å²) in [5.74, 6) is -1.10. The maximum atomic E-state index is 15.5. The number of amides is 1. The number of nitrogens with zero attached hydrogens (tertiary/aromatic N) is 4. The Kier molecular flexibility index (Phi) is 6.81. The summed E-state index contributed by atoms with van der Waals surface area (Å²) in [7, 11) is 1.47. The number of methoxy groups -OCH3 is 1. The van der Waals surface area contributed by atoms with Gasteiger partial charge in [-0.1, -0.05) is 12.1 Å². The lowest BCUT2D eigenvalue weighted by Gasteiger charge is -2.22. The number of carbonyl (C=O) groups excluding carboxylic acids is 1. The first-order valence-corrected chi connectivity index (χ1v) is 12.0. The second-order valence-corrected chi connectivity index (χ2v) is 8.85. The summed E-state index contributed by atoms with van der Waals surface area (Å²) in [5.41, 5.74) is 5.28. The highest BCUT2D eigenvalue weighted by molar-refractivity contribution is 6.50. The molecule has 0 unspecified atom stereocenters. The first kappa shape index (κ1) is 26.0. The standard InChI is InChI=1S/C28H23F4N5O2/c1-39-19-11-8-17(9-12-19)35-25-20(26(33)28(30,31)32)5-4-14-36(27(25)38)23-13-10-18(15-21(23)29)37-16-34-22-6-2-3-7-24(22)37/h2-3,6-13,15-16H,4-5,14,33H2,1H3. The summed E-state index contributed by atoms with van der Waals surface area (Å²) in [6, 6.07) is 17.8. The number of hydrogen-bond donors (Lipinski definition) is 1. The molecule has 11 heteroatoms. The van der Waals surface area contributed by atoms with Gasteiger partial charge < -0.3 is 15.4 Å². The van der Waals surface area contributed by atoms with Crippen LogP contribution >= 0.6 is 0 Å². The number of rotatable bonds is 4. The molecule has 1 aliphatic heterocycles. The summed E-state index contributed by atoms with van der Waals surface area (Å²) in [6.45, 7) is -0.0284. The van der Waals surface area contributed by atoms with E-state index in [1.54, 1.807) is 29.1 Å². The molecule has 2 heterocycles. The number of allylic oxidation sites excluding steroid dienone is 1. The van der Waals surface area contributed by atoms with Crippen LogP contribution < -0.4 is 15.4 Å². The zero-order valence-electron chi connectivity index (χ0n) is 20.7. The molecule has 0 bridgehead atoms. The molecule has 1 amide bonds. The second kappa shape index (κ2) is 10.2. The highest BCUT2D eigenvalue weighted by Gasteiger charge is 2.39. The molecule has 0 radical (unpaired) electrons. The Labute approximate surface area is 220 Å². The summed E-state index contributed by atoms with van der Waals surface area (Å²) in [6.07, 6.45) is -3.35. The molecular formula is C28H23F4N5O2. The van der Waals surface area contributed by atoms with E-state index in [9.17, 15) is 18.0 Å². The van der Waals surface area contributed by atoms with E-state index in [1.807, 2.05) is 24.3 Å². The monoisotopic (exact) mass is 537 g/mol. The van der Waals surface area contributed by atoms with E-state index in [0.29, 0.717) is 11.4 Å². The van der Waals surface area contributed by atoms with Crippen LogP contribution in [0.1, 0.15) is 12.8 Å². The number of hydrogen-bond acceptors (Lipinski definition) is 5. The van der Waals surface area contributed by atoms with Gasteiger partial charge in [0.25, 0.3) is 5.91 Å². The molecule has 1 saturated heterocycles. The molecule has 1 aromatic heterocycles. The number of aromatic nitrogens is 2. The van der Waals surface area contributed by atoms with Crippen molar-refractivity contribution in [2.45, 2.75) is 19.0 Å². The predicted molar refractivity (Wildman–Crippen MR) is 140 cm³/mol. The zero-order valence-corrected chi connectivity index (χ0v) is 20.7. The Bertz CT molecular complexity index is 1610. The molecule has 0 atom stereocenters. The average molecular weight is 538 g/mol. The maximum Gasteiger partial charge on any atom is 0.431 e. The minimum atomic E-state index is -4.87. The molecule has 7 nitrogen and oxygen atoms in total. The fourth-order valence-corrected chi connectivity index (χ4v) is 4.48. The quantitative estimate of drug-likeness (QED) is 0.331. The number of ether oxygens (including phenoxy) is 1. The number of aliphatic imine (C=N–C) groups is 1. The Balaban J connectivity index is 1.57. The molecular weight excluding hydrogens is 514 g/mol. The molecule has 4 aromatic rings. The lowest BCUT2D eigenvalue weighted by Crippen LogP contribution is -2.37. The van der Waals surface area contributed by atoms with Gasteiger partial charge in [-0.3, -0.25) is 9.36 Å². The van der Waals surface area contributed by atoms with Crippen molar-refractivity contribution in [2.75, 3.05) is 18.6 Å². The van der Waals surface area contributed by atoms with E-state index in [4.69, 9.17) is 10.5 Å². The van der Waals surface area contributed by atoms with Crippen LogP contribution in [0.4, 0.5) is 28.9 Å². The lowest BCUT2D eigenvalue weighted by atomic mass is 10.0. The van der Waals surface area contributed by atoms with Crippen LogP contribution in [0.2, 0.25) is 0 Å². The van der Waals surface area contributed by atoms with Crippen LogP contribution in [0.3, 0.4) is 0 Å². The van der Waals surface area contributed by atoms with E-state index in [-0.39, 0.29) is 30.8 Å². The van der Waals surface area contributed by atoms with Crippen LogP contribution in [0.25, 0.3) is 16.7 Å². The van der Waals surface area contributed by atoms with Gasteiger partial charge >= 0.3 is 6.18 Å². The number of benzene rings is 3.